The summed E-state index contributed by atoms with van der Waals surface area (Å²) in [4.78, 5) is 0. The molecule has 0 bridgehead atoms. The highest BCUT2D eigenvalue weighted by Crippen LogP contribution is 2.47. The van der Waals surface area contributed by atoms with Crippen molar-refractivity contribution in [3.8, 4) is 16.9 Å². The highest BCUT2D eigenvalue weighted by molar-refractivity contribution is 5.65. The van der Waals surface area contributed by atoms with Gasteiger partial charge in [-0.3, -0.25) is 0 Å². The van der Waals surface area contributed by atoms with E-state index in [0.717, 1.165) is 42.7 Å². The molecule has 0 amide bonds. The standard InChI is InChI=1S/C25H26F6O/c1-14-2-3-19-11-18(9-8-17(19)10-14)15-4-6-16(7-5-15)20-12-21(26)23(22(27)13-20)32-25(30,31)24(28)29/h4-7,12-14,17-19,24H,2-3,8-11H2,1H3/t14?,17-,18-,19-/m1/s1. The van der Waals surface area contributed by atoms with Crippen molar-refractivity contribution in [1.29, 1.82) is 0 Å². The molecule has 0 saturated heterocycles. The molecule has 7 heteroatoms. The maximum absolute atomic E-state index is 14.2. The van der Waals surface area contributed by atoms with Crippen LogP contribution >= 0.6 is 0 Å². The van der Waals surface area contributed by atoms with Gasteiger partial charge in [0.25, 0.3) is 0 Å². The lowest BCUT2D eigenvalue weighted by Gasteiger charge is -2.41. The summed E-state index contributed by atoms with van der Waals surface area (Å²) in [5.74, 6) is -1.60. The van der Waals surface area contributed by atoms with Gasteiger partial charge in [-0.05, 0) is 84.6 Å². The topological polar surface area (TPSA) is 9.23 Å². The summed E-state index contributed by atoms with van der Waals surface area (Å²) in [6.07, 6.45) is -1.81. The number of hydrogen-bond donors (Lipinski definition) is 0. The molecule has 0 aliphatic heterocycles. The molecule has 4 atom stereocenters. The summed E-state index contributed by atoms with van der Waals surface area (Å²) in [6.45, 7) is 2.33. The van der Waals surface area contributed by atoms with Gasteiger partial charge < -0.3 is 4.74 Å². The monoisotopic (exact) mass is 456 g/mol. The fraction of sp³-hybridized carbons (Fsp3) is 0.520. The highest BCUT2D eigenvalue weighted by atomic mass is 19.3. The normalized spacial score (nSPS) is 26.1. The zero-order valence-corrected chi connectivity index (χ0v) is 17.8. The Kier molecular flexibility index (Phi) is 6.46. The van der Waals surface area contributed by atoms with Crippen molar-refractivity contribution in [2.45, 2.75) is 63.9 Å². The van der Waals surface area contributed by atoms with Crippen LogP contribution in [0.4, 0.5) is 26.3 Å². The molecule has 174 valence electrons. The quantitative estimate of drug-likeness (QED) is 0.412. The second-order valence-electron chi connectivity index (χ2n) is 9.30. The molecule has 2 aliphatic rings. The molecule has 0 heterocycles. The van der Waals surface area contributed by atoms with E-state index in [1.165, 1.54) is 31.2 Å². The van der Waals surface area contributed by atoms with Gasteiger partial charge >= 0.3 is 12.5 Å². The summed E-state index contributed by atoms with van der Waals surface area (Å²) >= 11 is 0. The van der Waals surface area contributed by atoms with Gasteiger partial charge in [-0.25, -0.2) is 8.78 Å². The predicted octanol–water partition coefficient (Wildman–Crippen LogP) is 8.19. The van der Waals surface area contributed by atoms with Crippen molar-refractivity contribution in [2.24, 2.45) is 17.8 Å². The molecule has 2 aliphatic carbocycles. The number of ether oxygens (including phenoxy) is 1. The molecule has 2 fully saturated rings. The average molecular weight is 456 g/mol. The molecule has 1 unspecified atom stereocenters. The zero-order valence-electron chi connectivity index (χ0n) is 17.8. The van der Waals surface area contributed by atoms with E-state index in [4.69, 9.17) is 0 Å². The molecule has 0 spiro atoms. The fourth-order valence-corrected chi connectivity index (χ4v) is 5.38. The molecule has 2 saturated carbocycles. The van der Waals surface area contributed by atoms with Crippen LogP contribution in [0.15, 0.2) is 36.4 Å². The first-order valence-corrected chi connectivity index (χ1v) is 11.1. The lowest BCUT2D eigenvalue weighted by atomic mass is 9.64. The van der Waals surface area contributed by atoms with Gasteiger partial charge in [-0.1, -0.05) is 37.6 Å². The Bertz CT molecular complexity index is 919. The molecule has 2 aromatic carbocycles. The first-order valence-electron chi connectivity index (χ1n) is 11.1. The minimum Gasteiger partial charge on any atom is -0.422 e. The molecule has 0 radical (unpaired) electrons. The van der Waals surface area contributed by atoms with E-state index in [9.17, 15) is 26.3 Å². The summed E-state index contributed by atoms with van der Waals surface area (Å²) in [5, 5.41) is 0. The number of fused-ring (bicyclic) bond motifs is 1. The van der Waals surface area contributed by atoms with E-state index in [1.54, 1.807) is 12.1 Å². The predicted molar refractivity (Wildman–Crippen MR) is 110 cm³/mol. The lowest BCUT2D eigenvalue weighted by molar-refractivity contribution is -0.255. The number of alkyl halides is 4. The van der Waals surface area contributed by atoms with Crippen LogP contribution in [0, 0.1) is 29.4 Å². The molecular weight excluding hydrogens is 430 g/mol. The first kappa shape index (κ1) is 23.0. The van der Waals surface area contributed by atoms with E-state index in [1.807, 2.05) is 12.1 Å². The maximum Gasteiger partial charge on any atom is 0.461 e. The van der Waals surface area contributed by atoms with Crippen LogP contribution in [0.3, 0.4) is 0 Å². The Balaban J connectivity index is 1.48. The molecule has 32 heavy (non-hydrogen) atoms. The van der Waals surface area contributed by atoms with Gasteiger partial charge in [-0.2, -0.15) is 17.6 Å². The third-order valence-electron chi connectivity index (χ3n) is 7.08. The van der Waals surface area contributed by atoms with Crippen molar-refractivity contribution in [3.63, 3.8) is 0 Å². The Morgan fingerprint density at radius 3 is 2.06 bits per heavy atom. The van der Waals surface area contributed by atoms with Crippen LogP contribution in [0.25, 0.3) is 11.1 Å². The van der Waals surface area contributed by atoms with Gasteiger partial charge in [0.15, 0.2) is 17.4 Å². The molecule has 0 N–H and O–H groups in total. The Morgan fingerprint density at radius 1 is 0.844 bits per heavy atom. The zero-order chi connectivity index (χ0) is 23.0. The largest absolute Gasteiger partial charge is 0.461 e. The van der Waals surface area contributed by atoms with E-state index in [0.29, 0.717) is 11.5 Å². The van der Waals surface area contributed by atoms with Gasteiger partial charge in [-0.15, -0.1) is 0 Å². The van der Waals surface area contributed by atoms with Crippen molar-refractivity contribution in [1.82, 2.24) is 0 Å². The first-order chi connectivity index (χ1) is 15.1. The minimum atomic E-state index is -4.99. The third kappa shape index (κ3) is 4.76. The van der Waals surface area contributed by atoms with Crippen molar-refractivity contribution < 1.29 is 31.1 Å². The lowest BCUT2D eigenvalue weighted by Crippen LogP contribution is -2.34. The van der Waals surface area contributed by atoms with Gasteiger partial charge in [0.2, 0.25) is 0 Å². The van der Waals surface area contributed by atoms with E-state index in [-0.39, 0.29) is 5.56 Å². The fourth-order valence-electron chi connectivity index (χ4n) is 5.38. The SMILES string of the molecule is CC1CC[C@@H]2C[C@H](c3ccc(-c4cc(F)c(OC(F)(F)C(F)F)c(F)c4)cc3)CC[C@@H]2C1. The second-order valence-corrected chi connectivity index (χ2v) is 9.30. The Labute approximate surface area is 183 Å². The summed E-state index contributed by atoms with van der Waals surface area (Å²) in [6, 6.07) is 8.99. The van der Waals surface area contributed by atoms with E-state index in [2.05, 4.69) is 11.7 Å². The van der Waals surface area contributed by atoms with E-state index < -0.39 is 29.9 Å². The van der Waals surface area contributed by atoms with Crippen molar-refractivity contribution in [2.75, 3.05) is 0 Å². The molecule has 1 nitrogen and oxygen atoms in total. The van der Waals surface area contributed by atoms with Gasteiger partial charge in [0.05, 0.1) is 0 Å². The Morgan fingerprint density at radius 2 is 1.44 bits per heavy atom. The van der Waals surface area contributed by atoms with Crippen LogP contribution in [0.1, 0.15) is 56.9 Å². The highest BCUT2D eigenvalue weighted by Gasteiger charge is 2.45. The van der Waals surface area contributed by atoms with Gasteiger partial charge in [0.1, 0.15) is 0 Å². The van der Waals surface area contributed by atoms with Crippen LogP contribution in [0.2, 0.25) is 0 Å². The van der Waals surface area contributed by atoms with Crippen LogP contribution in [0.5, 0.6) is 5.75 Å². The third-order valence-corrected chi connectivity index (χ3v) is 7.08. The molecule has 2 aromatic rings. The maximum atomic E-state index is 14.2. The molecule has 4 rings (SSSR count). The summed E-state index contributed by atoms with van der Waals surface area (Å²) in [7, 11) is 0. The number of halogens is 6. The van der Waals surface area contributed by atoms with Crippen LogP contribution < -0.4 is 4.74 Å². The van der Waals surface area contributed by atoms with Crippen molar-refractivity contribution in [3.05, 3.63) is 53.6 Å². The number of benzene rings is 2. The van der Waals surface area contributed by atoms with Crippen LogP contribution in [-0.4, -0.2) is 12.5 Å². The minimum absolute atomic E-state index is 0.115. The molecule has 0 aromatic heterocycles. The molecular formula is C25H26F6O. The summed E-state index contributed by atoms with van der Waals surface area (Å²) in [5.41, 5.74) is 1.80. The van der Waals surface area contributed by atoms with Crippen LogP contribution in [-0.2, 0) is 0 Å². The summed E-state index contributed by atoms with van der Waals surface area (Å²) < 4.78 is 82.7. The van der Waals surface area contributed by atoms with Gasteiger partial charge in [0, 0.05) is 0 Å². The smallest absolute Gasteiger partial charge is 0.422 e. The second kappa shape index (κ2) is 8.99. The van der Waals surface area contributed by atoms with E-state index >= 15 is 0 Å². The average Bonchev–Trinajstić information content (AvgIpc) is 2.76. The number of hydrogen-bond acceptors (Lipinski definition) is 1. The van der Waals surface area contributed by atoms with Crippen molar-refractivity contribution >= 4 is 0 Å². The Hall–Kier alpha value is -2.18. The number of rotatable bonds is 5.